The van der Waals surface area contributed by atoms with Crippen LogP contribution in [-0.2, 0) is 4.79 Å². The first kappa shape index (κ1) is 14.5. The Morgan fingerprint density at radius 1 is 1.39 bits per heavy atom. The van der Waals surface area contributed by atoms with Crippen LogP contribution < -0.4 is 11.1 Å². The molecule has 3 heteroatoms. The van der Waals surface area contributed by atoms with Gasteiger partial charge in [-0.25, -0.2) is 0 Å². The van der Waals surface area contributed by atoms with Gasteiger partial charge in [-0.1, -0.05) is 50.3 Å². The van der Waals surface area contributed by atoms with E-state index < -0.39 is 6.04 Å². The molecule has 1 aromatic rings. The summed E-state index contributed by atoms with van der Waals surface area (Å²) >= 11 is 0. The maximum absolute atomic E-state index is 12.1. The van der Waals surface area contributed by atoms with Gasteiger partial charge in [-0.3, -0.25) is 4.79 Å². The molecule has 0 aromatic heterocycles. The summed E-state index contributed by atoms with van der Waals surface area (Å²) in [7, 11) is 0. The van der Waals surface area contributed by atoms with E-state index in [0.717, 1.165) is 12.0 Å². The summed E-state index contributed by atoms with van der Waals surface area (Å²) in [6.07, 6.45) is 2.57. The van der Waals surface area contributed by atoms with Crippen LogP contribution in [0.2, 0.25) is 0 Å². The first-order valence-corrected chi connectivity index (χ1v) is 6.28. The number of nitrogens with two attached hydrogens (primary N) is 1. The van der Waals surface area contributed by atoms with Crippen LogP contribution in [0.25, 0.3) is 0 Å². The zero-order chi connectivity index (χ0) is 13.5. The Morgan fingerprint density at radius 3 is 2.50 bits per heavy atom. The molecule has 0 bridgehead atoms. The SMILES string of the molecule is C=CC[C@@H](NC(=O)[C@H](N)c1ccccc1)C(C)C. The largest absolute Gasteiger partial charge is 0.351 e. The first-order valence-electron chi connectivity index (χ1n) is 6.28. The molecule has 2 atom stereocenters. The number of hydrogen-bond donors (Lipinski definition) is 2. The lowest BCUT2D eigenvalue weighted by Crippen LogP contribution is -2.43. The molecule has 1 amide bonds. The standard InChI is InChI=1S/C15H22N2O/c1-4-8-13(11(2)3)17-15(18)14(16)12-9-6-5-7-10-12/h4-7,9-11,13-14H,1,8,16H2,2-3H3,(H,17,18)/t13-,14-/m1/s1. The molecule has 0 radical (unpaired) electrons. The van der Waals surface area contributed by atoms with Crippen LogP contribution in [0.15, 0.2) is 43.0 Å². The van der Waals surface area contributed by atoms with Gasteiger partial charge >= 0.3 is 0 Å². The number of amides is 1. The summed E-state index contributed by atoms with van der Waals surface area (Å²) in [4.78, 5) is 12.1. The van der Waals surface area contributed by atoms with Gasteiger partial charge < -0.3 is 11.1 Å². The van der Waals surface area contributed by atoms with Crippen LogP contribution >= 0.6 is 0 Å². The lowest BCUT2D eigenvalue weighted by molar-refractivity contribution is -0.123. The Bertz CT molecular complexity index is 387. The summed E-state index contributed by atoms with van der Waals surface area (Å²) in [6.45, 7) is 7.85. The fraction of sp³-hybridized carbons (Fsp3) is 0.400. The van der Waals surface area contributed by atoms with Gasteiger partial charge in [-0.15, -0.1) is 6.58 Å². The second-order valence-corrected chi connectivity index (χ2v) is 4.77. The predicted molar refractivity (Wildman–Crippen MR) is 75.0 cm³/mol. The topological polar surface area (TPSA) is 55.1 Å². The molecule has 0 aliphatic heterocycles. The van der Waals surface area contributed by atoms with E-state index in [1.165, 1.54) is 0 Å². The molecule has 3 nitrogen and oxygen atoms in total. The minimum atomic E-state index is -0.614. The quantitative estimate of drug-likeness (QED) is 0.757. The molecular formula is C15H22N2O. The second-order valence-electron chi connectivity index (χ2n) is 4.77. The molecule has 0 unspecified atom stereocenters. The van der Waals surface area contributed by atoms with E-state index in [2.05, 4.69) is 25.7 Å². The molecule has 1 rings (SSSR count). The second kappa shape index (κ2) is 6.97. The third-order valence-corrected chi connectivity index (χ3v) is 2.99. The van der Waals surface area contributed by atoms with Crippen LogP contribution in [0.3, 0.4) is 0 Å². The number of nitrogens with one attached hydrogen (secondary N) is 1. The number of hydrogen-bond acceptors (Lipinski definition) is 2. The zero-order valence-electron chi connectivity index (χ0n) is 11.1. The smallest absolute Gasteiger partial charge is 0.241 e. The molecule has 1 aromatic carbocycles. The Labute approximate surface area is 109 Å². The molecule has 0 fully saturated rings. The van der Waals surface area contributed by atoms with Crippen molar-refractivity contribution >= 4 is 5.91 Å². The van der Waals surface area contributed by atoms with Gasteiger partial charge in [0.25, 0.3) is 0 Å². The van der Waals surface area contributed by atoms with E-state index in [4.69, 9.17) is 5.73 Å². The van der Waals surface area contributed by atoms with Crippen molar-refractivity contribution in [3.63, 3.8) is 0 Å². The summed E-state index contributed by atoms with van der Waals surface area (Å²) in [5.74, 6) is 0.219. The normalized spacial score (nSPS) is 14.0. The third-order valence-electron chi connectivity index (χ3n) is 2.99. The maximum atomic E-state index is 12.1. The summed E-state index contributed by atoms with van der Waals surface area (Å²) in [5, 5.41) is 2.98. The number of rotatable bonds is 6. The van der Waals surface area contributed by atoms with Crippen molar-refractivity contribution < 1.29 is 4.79 Å². The van der Waals surface area contributed by atoms with Crippen molar-refractivity contribution in [3.05, 3.63) is 48.6 Å². The van der Waals surface area contributed by atoms with Crippen LogP contribution in [0.1, 0.15) is 31.9 Å². The molecule has 0 spiro atoms. The van der Waals surface area contributed by atoms with Crippen molar-refractivity contribution in [2.45, 2.75) is 32.4 Å². The van der Waals surface area contributed by atoms with Crippen molar-refractivity contribution in [3.8, 4) is 0 Å². The van der Waals surface area contributed by atoms with E-state index in [1.807, 2.05) is 36.4 Å². The highest BCUT2D eigenvalue weighted by Crippen LogP contribution is 2.12. The average Bonchev–Trinajstić information content (AvgIpc) is 2.38. The summed E-state index contributed by atoms with van der Waals surface area (Å²) < 4.78 is 0. The van der Waals surface area contributed by atoms with Crippen LogP contribution in [0.5, 0.6) is 0 Å². The zero-order valence-corrected chi connectivity index (χ0v) is 11.1. The highest BCUT2D eigenvalue weighted by molar-refractivity contribution is 5.83. The van der Waals surface area contributed by atoms with Gasteiger partial charge in [0.1, 0.15) is 6.04 Å². The van der Waals surface area contributed by atoms with Gasteiger partial charge in [0.15, 0.2) is 0 Å². The van der Waals surface area contributed by atoms with E-state index in [0.29, 0.717) is 5.92 Å². The van der Waals surface area contributed by atoms with Gasteiger partial charge in [0.05, 0.1) is 0 Å². The molecule has 0 saturated heterocycles. The van der Waals surface area contributed by atoms with Gasteiger partial charge in [-0.2, -0.15) is 0 Å². The van der Waals surface area contributed by atoms with Crippen molar-refractivity contribution in [2.24, 2.45) is 11.7 Å². The molecule has 0 aliphatic carbocycles. The van der Waals surface area contributed by atoms with Gasteiger partial charge in [-0.05, 0) is 17.9 Å². The minimum Gasteiger partial charge on any atom is -0.351 e. The van der Waals surface area contributed by atoms with Crippen LogP contribution in [-0.4, -0.2) is 11.9 Å². The highest BCUT2D eigenvalue weighted by Gasteiger charge is 2.20. The van der Waals surface area contributed by atoms with Crippen LogP contribution in [0.4, 0.5) is 0 Å². The fourth-order valence-electron chi connectivity index (χ4n) is 1.76. The number of carbonyl (C=O) groups is 1. The Kier molecular flexibility index (Phi) is 5.59. The van der Waals surface area contributed by atoms with E-state index in [1.54, 1.807) is 0 Å². The molecule has 0 heterocycles. The maximum Gasteiger partial charge on any atom is 0.241 e. The summed E-state index contributed by atoms with van der Waals surface area (Å²) in [5.41, 5.74) is 6.77. The fourth-order valence-corrected chi connectivity index (χ4v) is 1.76. The Hall–Kier alpha value is -1.61. The lowest BCUT2D eigenvalue weighted by atomic mass is 9.99. The molecule has 18 heavy (non-hydrogen) atoms. The lowest BCUT2D eigenvalue weighted by Gasteiger charge is -2.23. The monoisotopic (exact) mass is 246 g/mol. The van der Waals surface area contributed by atoms with Gasteiger partial charge in [0.2, 0.25) is 5.91 Å². The van der Waals surface area contributed by atoms with Crippen LogP contribution in [0, 0.1) is 5.92 Å². The first-order chi connectivity index (χ1) is 8.56. The third kappa shape index (κ3) is 4.00. The van der Waals surface area contributed by atoms with Gasteiger partial charge in [0, 0.05) is 6.04 Å². The number of benzene rings is 1. The Balaban J connectivity index is 2.67. The molecule has 98 valence electrons. The number of carbonyl (C=O) groups excluding carboxylic acids is 1. The van der Waals surface area contributed by atoms with Crippen molar-refractivity contribution in [2.75, 3.05) is 0 Å². The molecule has 0 aliphatic rings. The molecular weight excluding hydrogens is 224 g/mol. The molecule has 0 saturated carbocycles. The average molecular weight is 246 g/mol. The Morgan fingerprint density at radius 2 is 2.00 bits per heavy atom. The van der Waals surface area contributed by atoms with E-state index >= 15 is 0 Å². The van der Waals surface area contributed by atoms with E-state index in [-0.39, 0.29) is 11.9 Å². The van der Waals surface area contributed by atoms with E-state index in [9.17, 15) is 4.79 Å². The minimum absolute atomic E-state index is 0.0877. The summed E-state index contributed by atoms with van der Waals surface area (Å²) in [6, 6.07) is 8.87. The van der Waals surface area contributed by atoms with Crippen molar-refractivity contribution in [1.82, 2.24) is 5.32 Å². The molecule has 3 N–H and O–H groups in total. The predicted octanol–water partition coefficient (Wildman–Crippen LogP) is 2.40. The van der Waals surface area contributed by atoms with Crippen molar-refractivity contribution in [1.29, 1.82) is 0 Å². The highest BCUT2D eigenvalue weighted by atomic mass is 16.2.